The highest BCUT2D eigenvalue weighted by Crippen LogP contribution is 2.31. The van der Waals surface area contributed by atoms with Gasteiger partial charge in [0.2, 0.25) is 5.91 Å². The van der Waals surface area contributed by atoms with Crippen molar-refractivity contribution in [2.75, 3.05) is 0 Å². The Bertz CT molecular complexity index is 488. The van der Waals surface area contributed by atoms with Gasteiger partial charge in [0.05, 0.1) is 12.5 Å². The number of nitrogens with one attached hydrogen (secondary N) is 1. The van der Waals surface area contributed by atoms with Crippen LogP contribution in [0.1, 0.15) is 52.3 Å². The van der Waals surface area contributed by atoms with E-state index in [9.17, 15) is 4.79 Å². The molecule has 0 aromatic carbocycles. The van der Waals surface area contributed by atoms with Gasteiger partial charge >= 0.3 is 0 Å². The molecule has 0 radical (unpaired) electrons. The van der Waals surface area contributed by atoms with Crippen molar-refractivity contribution < 1.29 is 4.79 Å². The molecule has 1 aromatic rings. The molecule has 1 saturated carbocycles. The molecule has 1 aliphatic rings. The summed E-state index contributed by atoms with van der Waals surface area (Å²) in [4.78, 5) is 16.8. The van der Waals surface area contributed by atoms with Crippen LogP contribution in [0.15, 0.2) is 12.4 Å². The Kier molecular flexibility index (Phi) is 9.18. The number of nitrogens with two attached hydrogens (primary N) is 1. The second-order valence-electron chi connectivity index (χ2n) is 6.91. The maximum absolute atomic E-state index is 12.4. The van der Waals surface area contributed by atoms with Crippen LogP contribution in [0.4, 0.5) is 0 Å². The third-order valence-electron chi connectivity index (χ3n) is 4.36. The minimum Gasteiger partial charge on any atom is -0.349 e. The predicted octanol–water partition coefficient (Wildman–Crippen LogP) is 2.91. The Balaban J connectivity index is 0.00000242. The van der Waals surface area contributed by atoms with Crippen LogP contribution in [-0.2, 0) is 17.9 Å². The molecule has 7 heteroatoms. The molecule has 1 aliphatic carbocycles. The van der Waals surface area contributed by atoms with E-state index < -0.39 is 0 Å². The van der Waals surface area contributed by atoms with Gasteiger partial charge < -0.3 is 15.6 Å². The third-order valence-corrected chi connectivity index (χ3v) is 4.36. The highest BCUT2D eigenvalue weighted by Gasteiger charge is 2.37. The van der Waals surface area contributed by atoms with Gasteiger partial charge in [0.1, 0.15) is 5.82 Å². The Morgan fingerprint density at radius 2 is 2.17 bits per heavy atom. The van der Waals surface area contributed by atoms with Crippen molar-refractivity contribution in [1.29, 1.82) is 0 Å². The number of amides is 1. The largest absolute Gasteiger partial charge is 0.349 e. The van der Waals surface area contributed by atoms with E-state index in [-0.39, 0.29) is 42.2 Å². The van der Waals surface area contributed by atoms with Gasteiger partial charge in [-0.25, -0.2) is 4.98 Å². The van der Waals surface area contributed by atoms with Crippen molar-refractivity contribution in [3.05, 3.63) is 18.2 Å². The maximum atomic E-state index is 12.4. The van der Waals surface area contributed by atoms with Crippen molar-refractivity contribution >= 4 is 30.7 Å². The summed E-state index contributed by atoms with van der Waals surface area (Å²) >= 11 is 0. The Morgan fingerprint density at radius 3 is 2.78 bits per heavy atom. The lowest BCUT2D eigenvalue weighted by Gasteiger charge is -2.37. The molecule has 3 N–H and O–H groups in total. The molecule has 2 unspecified atom stereocenters. The van der Waals surface area contributed by atoms with E-state index in [1.165, 1.54) is 0 Å². The topological polar surface area (TPSA) is 72.9 Å². The summed E-state index contributed by atoms with van der Waals surface area (Å²) in [5.41, 5.74) is 5.91. The number of nitrogens with zero attached hydrogens (tertiary/aromatic N) is 2. The van der Waals surface area contributed by atoms with Gasteiger partial charge in [-0.2, -0.15) is 0 Å². The summed E-state index contributed by atoms with van der Waals surface area (Å²) in [6, 6.07) is 0. The lowest BCUT2D eigenvalue weighted by molar-refractivity contribution is -0.128. The normalized spacial score (nSPS) is 23.8. The van der Waals surface area contributed by atoms with Crippen molar-refractivity contribution in [2.24, 2.45) is 17.6 Å². The average molecular weight is 365 g/mol. The van der Waals surface area contributed by atoms with Crippen LogP contribution in [-0.4, -0.2) is 21.0 Å². The second kappa shape index (κ2) is 9.50. The molecule has 0 bridgehead atoms. The number of carbonyl (C=O) groups excluding carboxylic acids is 1. The van der Waals surface area contributed by atoms with E-state index in [0.29, 0.717) is 12.5 Å². The predicted molar refractivity (Wildman–Crippen MR) is 98.0 cm³/mol. The average Bonchev–Trinajstić information content (AvgIpc) is 2.82. The van der Waals surface area contributed by atoms with Crippen molar-refractivity contribution in [3.8, 4) is 0 Å². The SMILES string of the molecule is CC(C)Cn1ccnc1CNC(=O)C1CCCCC1(C)N.Cl.Cl. The van der Waals surface area contributed by atoms with Gasteiger partial charge in [-0.3, -0.25) is 4.79 Å². The first-order valence-electron chi connectivity index (χ1n) is 7.97. The second-order valence-corrected chi connectivity index (χ2v) is 6.91. The van der Waals surface area contributed by atoms with E-state index >= 15 is 0 Å². The van der Waals surface area contributed by atoms with E-state index in [2.05, 4.69) is 28.7 Å². The molecule has 1 fully saturated rings. The van der Waals surface area contributed by atoms with Crippen molar-refractivity contribution in [2.45, 2.75) is 65.1 Å². The minimum atomic E-state index is -0.379. The number of hydrogen-bond acceptors (Lipinski definition) is 3. The molecule has 0 saturated heterocycles. The standard InChI is InChI=1S/C16H28N4O.2ClH/c1-12(2)11-20-9-8-18-14(20)10-19-15(21)13-6-4-5-7-16(13,3)17;;/h8-9,12-13H,4-7,10-11,17H2,1-3H3,(H,19,21);2*1H. The zero-order valence-corrected chi connectivity index (χ0v) is 15.9. The smallest absolute Gasteiger partial charge is 0.225 e. The quantitative estimate of drug-likeness (QED) is 0.843. The number of halogens is 2. The van der Waals surface area contributed by atoms with Crippen LogP contribution >= 0.6 is 24.8 Å². The van der Waals surface area contributed by atoms with Crippen LogP contribution < -0.4 is 11.1 Å². The van der Waals surface area contributed by atoms with Crippen LogP contribution in [0, 0.1) is 11.8 Å². The van der Waals surface area contributed by atoms with Gasteiger partial charge in [0.25, 0.3) is 0 Å². The minimum absolute atomic E-state index is 0. The molecular weight excluding hydrogens is 335 g/mol. The zero-order valence-electron chi connectivity index (χ0n) is 14.2. The molecule has 5 nitrogen and oxygen atoms in total. The molecule has 134 valence electrons. The lowest BCUT2D eigenvalue weighted by atomic mass is 9.74. The maximum Gasteiger partial charge on any atom is 0.225 e. The third kappa shape index (κ3) is 5.98. The summed E-state index contributed by atoms with van der Waals surface area (Å²) in [6.07, 6.45) is 7.78. The van der Waals surface area contributed by atoms with Crippen molar-refractivity contribution in [3.63, 3.8) is 0 Å². The lowest BCUT2D eigenvalue weighted by Crippen LogP contribution is -2.52. The van der Waals surface area contributed by atoms with Gasteiger partial charge in [0.15, 0.2) is 0 Å². The van der Waals surface area contributed by atoms with Crippen LogP contribution in [0.3, 0.4) is 0 Å². The highest BCUT2D eigenvalue weighted by molar-refractivity contribution is 5.85. The fourth-order valence-corrected chi connectivity index (χ4v) is 3.15. The monoisotopic (exact) mass is 364 g/mol. The van der Waals surface area contributed by atoms with E-state index in [0.717, 1.165) is 38.1 Å². The summed E-state index contributed by atoms with van der Waals surface area (Å²) < 4.78 is 2.10. The van der Waals surface area contributed by atoms with Crippen molar-refractivity contribution in [1.82, 2.24) is 14.9 Å². The summed E-state index contributed by atoms with van der Waals surface area (Å²) in [6.45, 7) is 7.74. The number of rotatable bonds is 5. The number of carbonyl (C=O) groups is 1. The molecular formula is C16H30Cl2N4O. The molecule has 1 amide bonds. The fraction of sp³-hybridized carbons (Fsp3) is 0.750. The molecule has 23 heavy (non-hydrogen) atoms. The first-order valence-corrected chi connectivity index (χ1v) is 7.97. The number of aromatic nitrogens is 2. The fourth-order valence-electron chi connectivity index (χ4n) is 3.15. The zero-order chi connectivity index (χ0) is 15.5. The van der Waals surface area contributed by atoms with Crippen LogP contribution in [0.5, 0.6) is 0 Å². The molecule has 0 spiro atoms. The Morgan fingerprint density at radius 1 is 1.48 bits per heavy atom. The summed E-state index contributed by atoms with van der Waals surface area (Å²) in [5.74, 6) is 1.45. The number of hydrogen-bond donors (Lipinski definition) is 2. The van der Waals surface area contributed by atoms with E-state index in [1.807, 2.05) is 13.1 Å². The molecule has 0 aliphatic heterocycles. The highest BCUT2D eigenvalue weighted by atomic mass is 35.5. The first-order chi connectivity index (χ1) is 9.90. The van der Waals surface area contributed by atoms with Gasteiger partial charge in [0, 0.05) is 24.5 Å². The molecule has 1 heterocycles. The molecule has 1 aromatic heterocycles. The van der Waals surface area contributed by atoms with Gasteiger partial charge in [-0.15, -0.1) is 24.8 Å². The summed E-state index contributed by atoms with van der Waals surface area (Å²) in [5, 5.41) is 3.02. The van der Waals surface area contributed by atoms with Crippen LogP contribution in [0.2, 0.25) is 0 Å². The van der Waals surface area contributed by atoms with Gasteiger partial charge in [-0.05, 0) is 25.7 Å². The summed E-state index contributed by atoms with van der Waals surface area (Å²) in [7, 11) is 0. The van der Waals surface area contributed by atoms with E-state index in [4.69, 9.17) is 5.73 Å². The first kappa shape index (κ1) is 22.2. The Hall–Kier alpha value is -0.780. The van der Waals surface area contributed by atoms with Gasteiger partial charge in [-0.1, -0.05) is 26.7 Å². The van der Waals surface area contributed by atoms with E-state index in [1.54, 1.807) is 6.20 Å². The van der Waals surface area contributed by atoms with Crippen LogP contribution in [0.25, 0.3) is 0 Å². The Labute approximate surface area is 151 Å². The molecule has 2 rings (SSSR count). The molecule has 2 atom stereocenters. The number of imidazole rings is 1.